The minimum atomic E-state index is -4.77. The highest BCUT2D eigenvalue weighted by atomic mass is 79.9. The third kappa shape index (κ3) is 4.75. The van der Waals surface area contributed by atoms with Gasteiger partial charge < -0.3 is 14.6 Å². The molecule has 3 aromatic rings. The maximum absolute atomic E-state index is 13.3. The summed E-state index contributed by atoms with van der Waals surface area (Å²) in [5.74, 6) is -1.81. The van der Waals surface area contributed by atoms with Crippen LogP contribution >= 0.6 is 27.5 Å². The van der Waals surface area contributed by atoms with E-state index in [1.54, 1.807) is 0 Å². The summed E-state index contributed by atoms with van der Waals surface area (Å²) in [7, 11) is -3.29. The molecule has 2 heterocycles. The fourth-order valence-electron chi connectivity index (χ4n) is 3.39. The van der Waals surface area contributed by atoms with Crippen LogP contribution in [0, 0.1) is 0 Å². The van der Waals surface area contributed by atoms with E-state index in [4.69, 9.17) is 21.1 Å². The smallest absolute Gasteiger partial charge is 0.433 e. The molecule has 0 radical (unpaired) electrons. The molecule has 0 unspecified atom stereocenters. The lowest BCUT2D eigenvalue weighted by atomic mass is 10.0. The lowest BCUT2D eigenvalue weighted by Crippen LogP contribution is -2.15. The minimum Gasteiger partial charge on any atom is -0.505 e. The van der Waals surface area contributed by atoms with Crippen LogP contribution < -0.4 is 9.46 Å². The largest absolute Gasteiger partial charge is 0.505 e. The second-order valence-electron chi connectivity index (χ2n) is 7.25. The third-order valence-electron chi connectivity index (χ3n) is 5.00. The maximum Gasteiger partial charge on any atom is 0.433 e. The van der Waals surface area contributed by atoms with Gasteiger partial charge in [0.25, 0.3) is 10.0 Å². The van der Waals surface area contributed by atoms with Gasteiger partial charge in [-0.1, -0.05) is 11.6 Å². The number of nitrogens with zero attached hydrogens (tertiary/aromatic N) is 1. The van der Waals surface area contributed by atoms with Crippen LogP contribution in [-0.4, -0.2) is 31.6 Å². The number of carbonyl (C=O) groups excluding carboxylic acids is 1. The highest BCUT2D eigenvalue weighted by Crippen LogP contribution is 2.42. The normalized spacial score (nSPS) is 15.0. The van der Waals surface area contributed by atoms with Crippen molar-refractivity contribution in [2.75, 3.05) is 11.8 Å². The zero-order valence-electron chi connectivity index (χ0n) is 17.4. The number of methoxy groups -OCH3 is 1. The van der Waals surface area contributed by atoms with E-state index in [9.17, 15) is 31.5 Å². The summed E-state index contributed by atoms with van der Waals surface area (Å²) in [4.78, 5) is 15.5. The highest BCUT2D eigenvalue weighted by Gasteiger charge is 2.34. The number of sulfonamides is 1. The van der Waals surface area contributed by atoms with Crippen molar-refractivity contribution >= 4 is 49.2 Å². The maximum atomic E-state index is 13.3. The number of benzene rings is 2. The number of aromatic nitrogens is 1. The number of cyclic esters (lactones) is 1. The molecular formula is C21H13BrClF3N2O6S. The van der Waals surface area contributed by atoms with Gasteiger partial charge >= 0.3 is 12.1 Å². The summed E-state index contributed by atoms with van der Waals surface area (Å²) in [5, 5.41) is 10.3. The Morgan fingerprint density at radius 3 is 2.57 bits per heavy atom. The standard InChI is InChI=1S/C21H13BrClF3N2O6S/c1-33-19-14(23)3-9-4-15(19)28-35(31,32)16-5-10(2-13(22)18(16)29)20(30)34-8-11-6-17(21(24,25)26)27-7-12(9)11/h2-7,28-29H,8H2,1H3. The number of anilines is 1. The van der Waals surface area contributed by atoms with Gasteiger partial charge in [-0.25, -0.2) is 13.2 Å². The first-order valence-electron chi connectivity index (χ1n) is 9.48. The summed E-state index contributed by atoms with van der Waals surface area (Å²) in [6.45, 7) is -0.604. The molecule has 1 aromatic heterocycles. The Morgan fingerprint density at radius 1 is 1.20 bits per heavy atom. The number of alkyl halides is 3. The zero-order chi connectivity index (χ0) is 25.7. The van der Waals surface area contributed by atoms with Crippen LogP contribution in [0.3, 0.4) is 0 Å². The van der Waals surface area contributed by atoms with Gasteiger partial charge in [-0.3, -0.25) is 9.71 Å². The number of phenols is 1. The Bertz CT molecular complexity index is 1480. The van der Waals surface area contributed by atoms with Crippen LogP contribution in [0.1, 0.15) is 21.6 Å². The molecule has 0 fully saturated rings. The molecule has 8 nitrogen and oxygen atoms in total. The van der Waals surface area contributed by atoms with E-state index in [0.717, 1.165) is 24.4 Å². The van der Waals surface area contributed by atoms with E-state index in [1.165, 1.54) is 19.2 Å². The molecule has 1 aliphatic heterocycles. The van der Waals surface area contributed by atoms with Crippen molar-refractivity contribution in [2.45, 2.75) is 17.7 Å². The lowest BCUT2D eigenvalue weighted by molar-refractivity contribution is -0.141. The van der Waals surface area contributed by atoms with Gasteiger partial charge in [0.1, 0.15) is 22.9 Å². The van der Waals surface area contributed by atoms with Crippen LogP contribution in [-0.2, 0) is 27.5 Å². The number of ether oxygens (including phenoxy) is 2. The van der Waals surface area contributed by atoms with Gasteiger partial charge in [-0.2, -0.15) is 13.2 Å². The van der Waals surface area contributed by atoms with E-state index in [2.05, 4.69) is 25.6 Å². The Hall–Kier alpha value is -3.03. The second-order valence-corrected chi connectivity index (χ2v) is 10.2. The van der Waals surface area contributed by atoms with Crippen molar-refractivity contribution in [1.82, 2.24) is 4.98 Å². The SMILES string of the molecule is COc1c(Cl)cc2cc1NS(=O)(=O)c1cc(cc(Br)c1O)C(=O)OCc1cc(C(F)(F)F)ncc1-2. The molecule has 4 bridgehead atoms. The Morgan fingerprint density at radius 2 is 1.91 bits per heavy atom. The van der Waals surface area contributed by atoms with Crippen LogP contribution in [0.4, 0.5) is 18.9 Å². The summed E-state index contributed by atoms with van der Waals surface area (Å²) < 4.78 is 78.7. The predicted octanol–water partition coefficient (Wildman–Crippen LogP) is 5.37. The number of nitrogens with one attached hydrogen (secondary N) is 1. The minimum absolute atomic E-state index is 0.0620. The Balaban J connectivity index is 2.03. The van der Waals surface area contributed by atoms with Crippen molar-refractivity contribution in [3.05, 3.63) is 62.8 Å². The van der Waals surface area contributed by atoms with E-state index in [1.807, 2.05) is 0 Å². The fraction of sp³-hybridized carbons (Fsp3) is 0.143. The number of hydrogen-bond donors (Lipinski definition) is 2. The van der Waals surface area contributed by atoms with Crippen LogP contribution in [0.15, 0.2) is 45.9 Å². The number of halogens is 5. The summed E-state index contributed by atoms with van der Waals surface area (Å²) in [6.07, 6.45) is -3.85. The second kappa shape index (κ2) is 8.88. The molecule has 0 atom stereocenters. The van der Waals surface area contributed by atoms with E-state index in [-0.39, 0.29) is 43.2 Å². The van der Waals surface area contributed by atoms with Crippen LogP contribution in [0.25, 0.3) is 11.1 Å². The van der Waals surface area contributed by atoms with Crippen molar-refractivity contribution in [1.29, 1.82) is 0 Å². The van der Waals surface area contributed by atoms with Crippen molar-refractivity contribution in [3.8, 4) is 22.6 Å². The average Bonchev–Trinajstić information content (AvgIpc) is 2.77. The van der Waals surface area contributed by atoms with Gasteiger partial charge in [0, 0.05) is 17.3 Å². The molecule has 0 aliphatic carbocycles. The van der Waals surface area contributed by atoms with Crippen LogP contribution in [0.2, 0.25) is 5.02 Å². The topological polar surface area (TPSA) is 115 Å². The van der Waals surface area contributed by atoms with E-state index < -0.39 is 45.1 Å². The summed E-state index contributed by atoms with van der Waals surface area (Å²) in [6, 6.07) is 5.31. The predicted molar refractivity (Wildman–Crippen MR) is 122 cm³/mol. The molecule has 4 rings (SSSR count). The number of pyridine rings is 1. The number of hydrogen-bond acceptors (Lipinski definition) is 7. The van der Waals surface area contributed by atoms with Gasteiger partial charge in [0.2, 0.25) is 0 Å². The summed E-state index contributed by atoms with van der Waals surface area (Å²) in [5.41, 5.74) is -1.46. The summed E-state index contributed by atoms with van der Waals surface area (Å²) >= 11 is 9.27. The molecule has 0 amide bonds. The number of phenolic OH excluding ortho intramolecular Hbond substituents is 1. The van der Waals surface area contributed by atoms with Crippen LogP contribution in [0.5, 0.6) is 11.5 Å². The number of esters is 1. The Kier molecular flexibility index (Phi) is 6.36. The molecule has 0 saturated carbocycles. The molecule has 2 aromatic carbocycles. The van der Waals surface area contributed by atoms with Crippen molar-refractivity contribution in [3.63, 3.8) is 0 Å². The molecule has 0 saturated heterocycles. The first-order chi connectivity index (χ1) is 16.3. The number of carbonyl (C=O) groups is 1. The monoisotopic (exact) mass is 592 g/mol. The number of fused-ring (bicyclic) bond motifs is 6. The van der Waals surface area contributed by atoms with Crippen molar-refractivity contribution < 1.29 is 41.0 Å². The Labute approximate surface area is 209 Å². The molecule has 0 spiro atoms. The molecule has 14 heteroatoms. The third-order valence-corrected chi connectivity index (χ3v) is 7.26. The molecular weight excluding hydrogens is 581 g/mol. The number of aromatic hydroxyl groups is 1. The van der Waals surface area contributed by atoms with Gasteiger partial charge in [0.15, 0.2) is 5.75 Å². The van der Waals surface area contributed by atoms with Gasteiger partial charge in [0.05, 0.1) is 27.9 Å². The lowest BCUT2D eigenvalue weighted by Gasteiger charge is -2.17. The first-order valence-corrected chi connectivity index (χ1v) is 12.1. The van der Waals surface area contributed by atoms with E-state index >= 15 is 0 Å². The van der Waals surface area contributed by atoms with E-state index in [0.29, 0.717) is 0 Å². The number of rotatable bonds is 1. The first kappa shape index (κ1) is 25.1. The quantitative estimate of drug-likeness (QED) is 0.365. The molecule has 1 aliphatic rings. The molecule has 35 heavy (non-hydrogen) atoms. The van der Waals surface area contributed by atoms with Gasteiger partial charge in [-0.15, -0.1) is 0 Å². The zero-order valence-corrected chi connectivity index (χ0v) is 20.6. The van der Waals surface area contributed by atoms with Gasteiger partial charge in [-0.05, 0) is 51.8 Å². The fourth-order valence-corrected chi connectivity index (χ4v) is 5.47. The molecule has 2 N–H and O–H groups in total. The highest BCUT2D eigenvalue weighted by molar-refractivity contribution is 9.10. The van der Waals surface area contributed by atoms with Crippen molar-refractivity contribution in [2.24, 2.45) is 0 Å². The average molecular weight is 594 g/mol. The molecule has 184 valence electrons.